The topological polar surface area (TPSA) is 29.9 Å². The highest BCUT2D eigenvalue weighted by atomic mass is 79.9. The standard InChI is InChI=1S/C15H27BrClN3/c1-6-12-14(16)13(20(7-2)19-12)10-18-9-11(17)8-15(3,4)5/h11,18H,6-10H2,1-5H3. The first-order chi connectivity index (χ1) is 9.28. The number of hydrogen-bond donors (Lipinski definition) is 1. The fourth-order valence-electron chi connectivity index (χ4n) is 2.27. The van der Waals surface area contributed by atoms with Crippen LogP contribution in [0.4, 0.5) is 0 Å². The van der Waals surface area contributed by atoms with Gasteiger partial charge >= 0.3 is 0 Å². The number of hydrogen-bond acceptors (Lipinski definition) is 2. The maximum absolute atomic E-state index is 6.38. The van der Waals surface area contributed by atoms with Gasteiger partial charge in [-0.25, -0.2) is 0 Å². The first-order valence-corrected chi connectivity index (χ1v) is 8.60. The molecule has 0 saturated heterocycles. The summed E-state index contributed by atoms with van der Waals surface area (Å²) in [5, 5.41) is 8.22. The van der Waals surface area contributed by atoms with E-state index < -0.39 is 0 Å². The summed E-state index contributed by atoms with van der Waals surface area (Å²) < 4.78 is 3.19. The molecule has 116 valence electrons. The van der Waals surface area contributed by atoms with Gasteiger partial charge < -0.3 is 5.32 Å². The fraction of sp³-hybridized carbons (Fsp3) is 0.800. The lowest BCUT2D eigenvalue weighted by Crippen LogP contribution is -2.27. The molecule has 0 aliphatic rings. The van der Waals surface area contributed by atoms with E-state index in [1.165, 1.54) is 5.69 Å². The van der Waals surface area contributed by atoms with E-state index in [1.807, 2.05) is 0 Å². The summed E-state index contributed by atoms with van der Waals surface area (Å²) in [6.45, 7) is 13.4. The van der Waals surface area contributed by atoms with Gasteiger partial charge in [0, 0.05) is 25.0 Å². The quantitative estimate of drug-likeness (QED) is 0.728. The summed E-state index contributed by atoms with van der Waals surface area (Å²) in [5.41, 5.74) is 2.61. The highest BCUT2D eigenvalue weighted by Gasteiger charge is 2.17. The maximum atomic E-state index is 6.38. The second kappa shape index (κ2) is 7.81. The van der Waals surface area contributed by atoms with Crippen molar-refractivity contribution in [2.75, 3.05) is 6.54 Å². The van der Waals surface area contributed by atoms with Crippen LogP contribution in [-0.4, -0.2) is 21.7 Å². The monoisotopic (exact) mass is 363 g/mol. The number of rotatable bonds is 7. The van der Waals surface area contributed by atoms with Gasteiger partial charge in [0.15, 0.2) is 0 Å². The van der Waals surface area contributed by atoms with Gasteiger partial charge in [0.05, 0.1) is 15.9 Å². The molecule has 5 heteroatoms. The maximum Gasteiger partial charge on any atom is 0.0767 e. The number of aryl methyl sites for hydroxylation is 2. The zero-order valence-electron chi connectivity index (χ0n) is 13.3. The van der Waals surface area contributed by atoms with Crippen molar-refractivity contribution in [3.05, 3.63) is 15.9 Å². The molecule has 1 aromatic rings. The zero-order valence-corrected chi connectivity index (χ0v) is 15.6. The highest BCUT2D eigenvalue weighted by Crippen LogP contribution is 2.24. The molecule has 0 saturated carbocycles. The van der Waals surface area contributed by atoms with Crippen molar-refractivity contribution in [2.45, 2.75) is 65.9 Å². The minimum atomic E-state index is 0.164. The molecule has 0 bridgehead atoms. The Morgan fingerprint density at radius 1 is 1.35 bits per heavy atom. The Bertz CT molecular complexity index is 423. The van der Waals surface area contributed by atoms with Crippen LogP contribution in [0.2, 0.25) is 0 Å². The van der Waals surface area contributed by atoms with E-state index in [0.29, 0.717) is 0 Å². The summed E-state index contributed by atoms with van der Waals surface area (Å²) in [6, 6.07) is 0. The normalized spacial score (nSPS) is 13.8. The molecular weight excluding hydrogens is 338 g/mol. The summed E-state index contributed by atoms with van der Waals surface area (Å²) >= 11 is 10.0. The molecule has 1 rings (SSSR count). The van der Waals surface area contributed by atoms with Crippen molar-refractivity contribution in [2.24, 2.45) is 5.41 Å². The van der Waals surface area contributed by atoms with Crippen LogP contribution in [0.3, 0.4) is 0 Å². The van der Waals surface area contributed by atoms with Gasteiger partial charge in [0.25, 0.3) is 0 Å². The lowest BCUT2D eigenvalue weighted by molar-refractivity contribution is 0.364. The number of halogens is 2. The second-order valence-electron chi connectivity index (χ2n) is 6.37. The van der Waals surface area contributed by atoms with E-state index in [2.05, 4.69) is 65.6 Å². The van der Waals surface area contributed by atoms with Crippen LogP contribution < -0.4 is 5.32 Å². The lowest BCUT2D eigenvalue weighted by Gasteiger charge is -2.22. The summed E-state index contributed by atoms with van der Waals surface area (Å²) in [6.07, 6.45) is 1.96. The highest BCUT2D eigenvalue weighted by molar-refractivity contribution is 9.10. The van der Waals surface area contributed by atoms with Crippen LogP contribution in [-0.2, 0) is 19.5 Å². The van der Waals surface area contributed by atoms with Crippen LogP contribution in [0.1, 0.15) is 52.4 Å². The van der Waals surface area contributed by atoms with Gasteiger partial charge in [-0.3, -0.25) is 4.68 Å². The molecule has 0 aromatic carbocycles. The number of nitrogens with zero attached hydrogens (tertiary/aromatic N) is 2. The third-order valence-corrected chi connectivity index (χ3v) is 4.41. The molecule has 0 amide bonds. The van der Waals surface area contributed by atoms with Gasteiger partial charge in [-0.05, 0) is 41.1 Å². The Morgan fingerprint density at radius 3 is 2.50 bits per heavy atom. The minimum Gasteiger partial charge on any atom is -0.310 e. The predicted octanol–water partition coefficient (Wildman–Crippen LogP) is 4.36. The Hall–Kier alpha value is -0.0600. The third kappa shape index (κ3) is 5.38. The molecule has 1 aromatic heterocycles. The van der Waals surface area contributed by atoms with Crippen LogP contribution in [0, 0.1) is 5.41 Å². The van der Waals surface area contributed by atoms with Gasteiger partial charge in [0.2, 0.25) is 0 Å². The number of aromatic nitrogens is 2. The van der Waals surface area contributed by atoms with E-state index in [4.69, 9.17) is 11.6 Å². The smallest absolute Gasteiger partial charge is 0.0767 e. The van der Waals surface area contributed by atoms with Crippen molar-refractivity contribution < 1.29 is 0 Å². The van der Waals surface area contributed by atoms with Crippen LogP contribution in [0.5, 0.6) is 0 Å². The van der Waals surface area contributed by atoms with Crippen molar-refractivity contribution in [1.29, 1.82) is 0 Å². The van der Waals surface area contributed by atoms with Gasteiger partial charge in [-0.1, -0.05) is 27.7 Å². The molecule has 1 heterocycles. The van der Waals surface area contributed by atoms with Gasteiger partial charge in [-0.15, -0.1) is 11.6 Å². The Balaban J connectivity index is 2.56. The Kier molecular flexibility index (Phi) is 7.02. The molecule has 0 spiro atoms. The lowest BCUT2D eigenvalue weighted by atomic mass is 9.90. The zero-order chi connectivity index (χ0) is 15.3. The van der Waals surface area contributed by atoms with Crippen molar-refractivity contribution >= 4 is 27.5 Å². The fourth-order valence-corrected chi connectivity index (χ4v) is 3.55. The third-order valence-electron chi connectivity index (χ3n) is 3.19. The summed E-state index contributed by atoms with van der Waals surface area (Å²) in [5.74, 6) is 0. The summed E-state index contributed by atoms with van der Waals surface area (Å²) in [7, 11) is 0. The Labute approximate surface area is 136 Å². The molecular formula is C15H27BrClN3. The van der Waals surface area contributed by atoms with Crippen molar-refractivity contribution in [3.63, 3.8) is 0 Å². The van der Waals surface area contributed by atoms with Gasteiger partial charge in [0.1, 0.15) is 0 Å². The number of nitrogens with one attached hydrogen (secondary N) is 1. The van der Waals surface area contributed by atoms with Crippen LogP contribution in [0.15, 0.2) is 4.47 Å². The predicted molar refractivity (Wildman–Crippen MR) is 90.4 cm³/mol. The molecule has 0 radical (unpaired) electrons. The van der Waals surface area contributed by atoms with Crippen molar-refractivity contribution in [1.82, 2.24) is 15.1 Å². The Morgan fingerprint density at radius 2 is 2.00 bits per heavy atom. The van der Waals surface area contributed by atoms with E-state index >= 15 is 0 Å². The van der Waals surface area contributed by atoms with E-state index in [9.17, 15) is 0 Å². The van der Waals surface area contributed by atoms with Crippen LogP contribution in [0.25, 0.3) is 0 Å². The second-order valence-corrected chi connectivity index (χ2v) is 7.78. The molecule has 1 unspecified atom stereocenters. The van der Waals surface area contributed by atoms with E-state index in [1.54, 1.807) is 0 Å². The molecule has 0 aliphatic heterocycles. The van der Waals surface area contributed by atoms with Crippen molar-refractivity contribution in [3.8, 4) is 0 Å². The molecule has 3 nitrogen and oxygen atoms in total. The van der Waals surface area contributed by atoms with E-state index in [0.717, 1.165) is 42.6 Å². The van der Waals surface area contributed by atoms with Gasteiger partial charge in [-0.2, -0.15) is 5.10 Å². The largest absolute Gasteiger partial charge is 0.310 e. The average Bonchev–Trinajstić information content (AvgIpc) is 2.64. The minimum absolute atomic E-state index is 0.164. The molecule has 1 N–H and O–H groups in total. The first kappa shape index (κ1) is 18.0. The molecule has 1 atom stereocenters. The number of alkyl halides is 1. The molecule has 0 aliphatic carbocycles. The average molecular weight is 365 g/mol. The summed E-state index contributed by atoms with van der Waals surface area (Å²) in [4.78, 5) is 0. The van der Waals surface area contributed by atoms with E-state index in [-0.39, 0.29) is 10.8 Å². The molecule has 0 fully saturated rings. The first-order valence-electron chi connectivity index (χ1n) is 7.37. The van der Waals surface area contributed by atoms with Crippen LogP contribution >= 0.6 is 27.5 Å². The molecule has 20 heavy (non-hydrogen) atoms. The SMILES string of the molecule is CCc1nn(CC)c(CNCC(Cl)CC(C)(C)C)c1Br.